The maximum atomic E-state index is 14.3. The molecular weight excluding hydrogens is 421 g/mol. The average molecular weight is 452 g/mol. The van der Waals surface area contributed by atoms with E-state index < -0.39 is 5.82 Å². The second-order valence-corrected chi connectivity index (χ2v) is 9.24. The monoisotopic (exact) mass is 451 g/mol. The molecule has 3 heterocycles. The number of rotatable bonds is 7. The molecule has 8 heteroatoms. The van der Waals surface area contributed by atoms with E-state index in [1.807, 2.05) is 19.9 Å². The van der Waals surface area contributed by atoms with Crippen molar-refractivity contribution in [3.63, 3.8) is 0 Å². The first-order chi connectivity index (χ1) is 15.8. The molecule has 4 rings (SSSR count). The van der Waals surface area contributed by atoms with Gasteiger partial charge in [-0.1, -0.05) is 0 Å². The second kappa shape index (κ2) is 9.68. The molecule has 174 valence electrons. The summed E-state index contributed by atoms with van der Waals surface area (Å²) in [5, 5.41) is 11.0. The molecule has 0 aromatic carbocycles. The van der Waals surface area contributed by atoms with Crippen LogP contribution in [-0.2, 0) is 4.79 Å². The standard InChI is InChI=1S/C25H30FN5O2/c1-15(2)29-24-21(25(33)30-19-6-4-17(5-7-19)10-16(3)32)12-28-31-14-18(11-23(24)31)20-8-9-27-13-22(20)26/h8-9,11-15,17,19,29H,4-7,10H2,1-3H3,(H,30,33). The molecule has 0 saturated heterocycles. The van der Waals surface area contributed by atoms with Crippen molar-refractivity contribution in [2.75, 3.05) is 5.32 Å². The van der Waals surface area contributed by atoms with E-state index in [4.69, 9.17) is 0 Å². The Hall–Kier alpha value is -3.29. The van der Waals surface area contributed by atoms with Gasteiger partial charge in [0.1, 0.15) is 11.6 Å². The molecule has 33 heavy (non-hydrogen) atoms. The van der Waals surface area contributed by atoms with Crippen LogP contribution in [0.2, 0.25) is 0 Å². The Morgan fingerprint density at radius 1 is 1.21 bits per heavy atom. The van der Waals surface area contributed by atoms with Crippen molar-refractivity contribution in [1.29, 1.82) is 0 Å². The second-order valence-electron chi connectivity index (χ2n) is 9.24. The van der Waals surface area contributed by atoms with Crippen molar-refractivity contribution < 1.29 is 14.0 Å². The SMILES string of the molecule is CC(=O)CC1CCC(NC(=O)c2cnn3cc(-c4ccncc4F)cc3c2NC(C)C)CC1. The number of Topliss-reactive ketones (excluding diaryl/α,β-unsaturated/α-hetero) is 1. The normalized spacial score (nSPS) is 18.5. The fraction of sp³-hybridized carbons (Fsp3) is 0.440. The Balaban J connectivity index is 1.60. The molecule has 0 bridgehead atoms. The van der Waals surface area contributed by atoms with Gasteiger partial charge in [0, 0.05) is 42.0 Å². The van der Waals surface area contributed by atoms with E-state index in [9.17, 15) is 14.0 Å². The number of hydrogen-bond donors (Lipinski definition) is 2. The van der Waals surface area contributed by atoms with Gasteiger partial charge in [0.05, 0.1) is 29.2 Å². The number of carbonyl (C=O) groups excluding carboxylic acids is 2. The fourth-order valence-electron chi connectivity index (χ4n) is 4.61. The zero-order valence-corrected chi connectivity index (χ0v) is 19.3. The van der Waals surface area contributed by atoms with Gasteiger partial charge in [0.15, 0.2) is 0 Å². The van der Waals surface area contributed by atoms with Crippen molar-refractivity contribution in [2.45, 2.75) is 65.0 Å². The summed E-state index contributed by atoms with van der Waals surface area (Å²) in [4.78, 5) is 28.4. The highest BCUT2D eigenvalue weighted by atomic mass is 19.1. The quantitative estimate of drug-likeness (QED) is 0.547. The van der Waals surface area contributed by atoms with E-state index in [0.717, 1.165) is 25.7 Å². The molecule has 0 spiro atoms. The van der Waals surface area contributed by atoms with Gasteiger partial charge in [-0.05, 0) is 64.5 Å². The Morgan fingerprint density at radius 3 is 2.64 bits per heavy atom. The number of aromatic nitrogens is 3. The van der Waals surface area contributed by atoms with Crippen LogP contribution < -0.4 is 10.6 Å². The highest BCUT2D eigenvalue weighted by Crippen LogP contribution is 2.31. The van der Waals surface area contributed by atoms with Crippen LogP contribution in [0.15, 0.2) is 36.9 Å². The maximum absolute atomic E-state index is 14.3. The molecule has 3 aromatic rings. The number of anilines is 1. The molecule has 0 unspecified atom stereocenters. The molecule has 0 aliphatic heterocycles. The van der Waals surface area contributed by atoms with E-state index in [1.54, 1.807) is 36.1 Å². The lowest BCUT2D eigenvalue weighted by atomic mass is 9.83. The number of pyridine rings is 1. The van der Waals surface area contributed by atoms with Gasteiger partial charge in [-0.2, -0.15) is 5.10 Å². The summed E-state index contributed by atoms with van der Waals surface area (Å²) in [7, 11) is 0. The summed E-state index contributed by atoms with van der Waals surface area (Å²) in [6.45, 7) is 5.64. The summed E-state index contributed by atoms with van der Waals surface area (Å²) < 4.78 is 15.9. The van der Waals surface area contributed by atoms with Crippen molar-refractivity contribution >= 4 is 22.9 Å². The number of nitrogens with zero attached hydrogens (tertiary/aromatic N) is 3. The summed E-state index contributed by atoms with van der Waals surface area (Å²) in [6, 6.07) is 3.62. The predicted molar refractivity (Wildman–Crippen MR) is 126 cm³/mol. The van der Waals surface area contributed by atoms with Gasteiger partial charge in [0.2, 0.25) is 0 Å². The molecule has 1 fully saturated rings. The summed E-state index contributed by atoms with van der Waals surface area (Å²) in [6.07, 6.45) is 10.3. The Bertz CT molecular complexity index is 1160. The molecule has 1 amide bonds. The minimum Gasteiger partial charge on any atom is -0.380 e. The van der Waals surface area contributed by atoms with Gasteiger partial charge in [-0.25, -0.2) is 8.91 Å². The van der Waals surface area contributed by atoms with Crippen molar-refractivity contribution in [1.82, 2.24) is 19.9 Å². The number of hydrogen-bond acceptors (Lipinski definition) is 5. The molecule has 7 nitrogen and oxygen atoms in total. The molecule has 3 aromatic heterocycles. The molecule has 1 aliphatic rings. The van der Waals surface area contributed by atoms with Gasteiger partial charge in [0.25, 0.3) is 5.91 Å². The van der Waals surface area contributed by atoms with Gasteiger partial charge >= 0.3 is 0 Å². The van der Waals surface area contributed by atoms with Crippen LogP contribution in [-0.4, -0.2) is 38.4 Å². The number of ketones is 1. The number of amides is 1. The largest absolute Gasteiger partial charge is 0.380 e. The van der Waals surface area contributed by atoms with Crippen LogP contribution in [0.4, 0.5) is 10.1 Å². The molecule has 0 atom stereocenters. The van der Waals surface area contributed by atoms with E-state index in [0.29, 0.717) is 40.2 Å². The minimum atomic E-state index is -0.412. The van der Waals surface area contributed by atoms with Crippen LogP contribution in [0.1, 0.15) is 63.2 Å². The molecule has 0 radical (unpaired) electrons. The third kappa shape index (κ3) is 5.21. The van der Waals surface area contributed by atoms with Gasteiger partial charge < -0.3 is 15.4 Å². The van der Waals surface area contributed by atoms with Crippen LogP contribution in [0.3, 0.4) is 0 Å². The van der Waals surface area contributed by atoms with E-state index in [-0.39, 0.29) is 23.8 Å². The lowest BCUT2D eigenvalue weighted by Gasteiger charge is -2.29. The first-order valence-corrected chi connectivity index (χ1v) is 11.5. The average Bonchev–Trinajstić information content (AvgIpc) is 3.19. The Morgan fingerprint density at radius 2 is 1.97 bits per heavy atom. The number of nitrogens with one attached hydrogen (secondary N) is 2. The molecule has 2 N–H and O–H groups in total. The van der Waals surface area contributed by atoms with Crippen molar-refractivity contribution in [3.8, 4) is 11.1 Å². The predicted octanol–water partition coefficient (Wildman–Crippen LogP) is 4.62. The number of fused-ring (bicyclic) bond motifs is 1. The topological polar surface area (TPSA) is 88.4 Å². The lowest BCUT2D eigenvalue weighted by molar-refractivity contribution is -0.118. The zero-order valence-electron chi connectivity index (χ0n) is 19.3. The maximum Gasteiger partial charge on any atom is 0.255 e. The summed E-state index contributed by atoms with van der Waals surface area (Å²) in [5.74, 6) is 0.0511. The fourth-order valence-corrected chi connectivity index (χ4v) is 4.61. The third-order valence-corrected chi connectivity index (χ3v) is 6.16. The van der Waals surface area contributed by atoms with Gasteiger partial charge in [-0.3, -0.25) is 9.78 Å². The highest BCUT2D eigenvalue weighted by Gasteiger charge is 2.25. The first kappa shape index (κ1) is 22.9. The van der Waals surface area contributed by atoms with E-state index >= 15 is 0 Å². The Kier molecular flexibility index (Phi) is 6.72. The molecule has 1 aliphatic carbocycles. The third-order valence-electron chi connectivity index (χ3n) is 6.16. The molecular formula is C25H30FN5O2. The van der Waals surface area contributed by atoms with E-state index in [2.05, 4.69) is 20.7 Å². The van der Waals surface area contributed by atoms with Crippen LogP contribution in [0.5, 0.6) is 0 Å². The number of halogens is 1. The van der Waals surface area contributed by atoms with Crippen LogP contribution in [0, 0.1) is 11.7 Å². The minimum absolute atomic E-state index is 0.0806. The smallest absolute Gasteiger partial charge is 0.255 e. The summed E-state index contributed by atoms with van der Waals surface area (Å²) in [5.41, 5.74) is 2.92. The van der Waals surface area contributed by atoms with Gasteiger partial charge in [-0.15, -0.1) is 0 Å². The highest BCUT2D eigenvalue weighted by molar-refractivity contribution is 6.03. The Labute approximate surface area is 192 Å². The van der Waals surface area contributed by atoms with Crippen LogP contribution in [0.25, 0.3) is 16.6 Å². The summed E-state index contributed by atoms with van der Waals surface area (Å²) >= 11 is 0. The first-order valence-electron chi connectivity index (χ1n) is 11.5. The molecule has 1 saturated carbocycles. The van der Waals surface area contributed by atoms with Crippen molar-refractivity contribution in [2.24, 2.45) is 5.92 Å². The van der Waals surface area contributed by atoms with E-state index in [1.165, 1.54) is 6.20 Å². The number of carbonyl (C=O) groups is 2. The van der Waals surface area contributed by atoms with Crippen LogP contribution >= 0.6 is 0 Å². The van der Waals surface area contributed by atoms with Crippen molar-refractivity contribution in [3.05, 3.63) is 48.3 Å². The zero-order chi connectivity index (χ0) is 23.5. The lowest BCUT2D eigenvalue weighted by Crippen LogP contribution is -2.38.